The molecule has 3 N–H and O–H groups in total. The highest BCUT2D eigenvalue weighted by molar-refractivity contribution is 6.01. The van der Waals surface area contributed by atoms with Gasteiger partial charge in [0.2, 0.25) is 5.91 Å². The van der Waals surface area contributed by atoms with Crippen LogP contribution in [0.3, 0.4) is 0 Å². The van der Waals surface area contributed by atoms with Gasteiger partial charge < -0.3 is 34.9 Å². The molecule has 1 aliphatic rings. The predicted octanol–water partition coefficient (Wildman–Crippen LogP) is 0.266. The minimum atomic E-state index is -1.02. The van der Waals surface area contributed by atoms with Gasteiger partial charge in [0.15, 0.2) is 0 Å². The summed E-state index contributed by atoms with van der Waals surface area (Å²) in [6, 6.07) is 4.68. The van der Waals surface area contributed by atoms with Crippen LogP contribution in [-0.2, 0) is 30.4 Å². The fraction of sp³-hybridized carbons (Fsp3) is 0.500. The lowest BCUT2D eigenvalue weighted by Crippen LogP contribution is -2.37. The van der Waals surface area contributed by atoms with Crippen LogP contribution in [0.15, 0.2) is 18.2 Å². The van der Waals surface area contributed by atoms with Crippen molar-refractivity contribution in [2.24, 2.45) is 0 Å². The van der Waals surface area contributed by atoms with Gasteiger partial charge in [-0.15, -0.1) is 0 Å². The summed E-state index contributed by atoms with van der Waals surface area (Å²) in [4.78, 5) is 47.6. The molecular weight excluding hydrogens is 394 g/mol. The molecule has 10 heteroatoms. The van der Waals surface area contributed by atoms with Crippen molar-refractivity contribution in [3.05, 3.63) is 29.3 Å². The summed E-state index contributed by atoms with van der Waals surface area (Å²) < 4.78 is 10.3. The van der Waals surface area contributed by atoms with Crippen LogP contribution in [0, 0.1) is 0 Å². The van der Waals surface area contributed by atoms with E-state index in [1.807, 2.05) is 6.07 Å². The van der Waals surface area contributed by atoms with Gasteiger partial charge in [0.05, 0.1) is 25.9 Å². The SMILES string of the molecule is CNC(=O)CCC(C=O)N1Cc2c(NCCOCCOCC(=O)O)cccc2C1=O. The van der Waals surface area contributed by atoms with Crippen LogP contribution in [0.1, 0.15) is 28.8 Å². The molecule has 0 radical (unpaired) electrons. The molecule has 1 heterocycles. The molecule has 164 valence electrons. The second-order valence-electron chi connectivity index (χ2n) is 6.67. The number of aliphatic carboxylic acids is 1. The highest BCUT2D eigenvalue weighted by atomic mass is 16.5. The number of carboxylic acids is 1. The maximum absolute atomic E-state index is 12.7. The second kappa shape index (κ2) is 11.9. The molecule has 1 unspecified atom stereocenters. The summed E-state index contributed by atoms with van der Waals surface area (Å²) in [6.45, 7) is 1.27. The summed E-state index contributed by atoms with van der Waals surface area (Å²) in [7, 11) is 1.53. The lowest BCUT2D eigenvalue weighted by molar-refractivity contribution is -0.142. The highest BCUT2D eigenvalue weighted by Gasteiger charge is 2.34. The number of rotatable bonds is 14. The van der Waals surface area contributed by atoms with Gasteiger partial charge in [-0.3, -0.25) is 9.59 Å². The Morgan fingerprint density at radius 1 is 1.27 bits per heavy atom. The number of nitrogens with one attached hydrogen (secondary N) is 2. The predicted molar refractivity (Wildman–Crippen MR) is 107 cm³/mol. The number of carboxylic acid groups (broad SMARTS) is 1. The van der Waals surface area contributed by atoms with E-state index in [0.717, 1.165) is 11.3 Å². The molecule has 1 aromatic rings. The van der Waals surface area contributed by atoms with Crippen LogP contribution in [0.25, 0.3) is 0 Å². The number of hydrogen-bond acceptors (Lipinski definition) is 7. The molecule has 0 saturated carbocycles. The number of benzene rings is 1. The minimum Gasteiger partial charge on any atom is -0.480 e. The number of carbonyl (C=O) groups excluding carboxylic acids is 3. The Balaban J connectivity index is 1.86. The van der Waals surface area contributed by atoms with E-state index < -0.39 is 12.0 Å². The third-order valence-corrected chi connectivity index (χ3v) is 4.66. The van der Waals surface area contributed by atoms with Crippen LogP contribution in [0.2, 0.25) is 0 Å². The van der Waals surface area contributed by atoms with Crippen LogP contribution in [0.4, 0.5) is 5.69 Å². The number of anilines is 1. The zero-order valence-electron chi connectivity index (χ0n) is 16.9. The van der Waals surface area contributed by atoms with E-state index >= 15 is 0 Å². The third kappa shape index (κ3) is 6.53. The zero-order valence-corrected chi connectivity index (χ0v) is 16.9. The van der Waals surface area contributed by atoms with Gasteiger partial charge in [0, 0.05) is 43.4 Å². The largest absolute Gasteiger partial charge is 0.480 e. The molecule has 0 aromatic heterocycles. The first-order valence-corrected chi connectivity index (χ1v) is 9.67. The number of nitrogens with zero attached hydrogens (tertiary/aromatic N) is 1. The van der Waals surface area contributed by atoms with Gasteiger partial charge >= 0.3 is 5.97 Å². The standard InChI is InChI=1S/C20H27N3O7/c1-21-18(25)6-5-14(12-24)23-11-16-15(20(23)28)3-2-4-17(16)22-7-8-29-9-10-30-13-19(26)27/h2-4,12,14,22H,5-11,13H2,1H3,(H,21,25)(H,26,27). The van der Waals surface area contributed by atoms with E-state index in [2.05, 4.69) is 10.6 Å². The van der Waals surface area contributed by atoms with E-state index in [9.17, 15) is 19.2 Å². The molecule has 0 bridgehead atoms. The van der Waals surface area contributed by atoms with Crippen molar-refractivity contribution in [1.29, 1.82) is 0 Å². The van der Waals surface area contributed by atoms with Gasteiger partial charge in [-0.25, -0.2) is 4.79 Å². The van der Waals surface area contributed by atoms with Crippen molar-refractivity contribution in [3.63, 3.8) is 0 Å². The maximum atomic E-state index is 12.7. The third-order valence-electron chi connectivity index (χ3n) is 4.66. The van der Waals surface area contributed by atoms with Crippen LogP contribution in [-0.4, -0.2) is 80.1 Å². The Morgan fingerprint density at radius 3 is 2.73 bits per heavy atom. The van der Waals surface area contributed by atoms with E-state index in [1.54, 1.807) is 12.1 Å². The first-order valence-electron chi connectivity index (χ1n) is 9.67. The van der Waals surface area contributed by atoms with Crippen molar-refractivity contribution in [2.75, 3.05) is 45.3 Å². The summed E-state index contributed by atoms with van der Waals surface area (Å²) in [6.07, 6.45) is 1.14. The molecular formula is C20H27N3O7. The van der Waals surface area contributed by atoms with E-state index in [-0.39, 0.29) is 44.5 Å². The Morgan fingerprint density at radius 2 is 2.03 bits per heavy atom. The van der Waals surface area contributed by atoms with Gasteiger partial charge in [0.1, 0.15) is 12.9 Å². The molecule has 1 atom stereocenters. The molecule has 1 aromatic carbocycles. The fourth-order valence-corrected chi connectivity index (χ4v) is 3.13. The highest BCUT2D eigenvalue weighted by Crippen LogP contribution is 2.31. The zero-order chi connectivity index (χ0) is 21.9. The van der Waals surface area contributed by atoms with Crippen LogP contribution < -0.4 is 10.6 Å². The summed E-state index contributed by atoms with van der Waals surface area (Å²) in [5, 5.41) is 14.2. The molecule has 0 saturated heterocycles. The average molecular weight is 421 g/mol. The summed E-state index contributed by atoms with van der Waals surface area (Å²) >= 11 is 0. The Bertz CT molecular complexity index is 769. The Hall–Kier alpha value is -2.98. The van der Waals surface area contributed by atoms with Crippen molar-refractivity contribution in [2.45, 2.75) is 25.4 Å². The van der Waals surface area contributed by atoms with Gasteiger partial charge in [-0.1, -0.05) is 6.07 Å². The molecule has 2 amide bonds. The van der Waals surface area contributed by atoms with Crippen molar-refractivity contribution in [1.82, 2.24) is 10.2 Å². The summed E-state index contributed by atoms with van der Waals surface area (Å²) in [5.41, 5.74) is 2.12. The lowest BCUT2D eigenvalue weighted by Gasteiger charge is -2.22. The number of amides is 2. The Labute approximate surface area is 174 Å². The molecule has 30 heavy (non-hydrogen) atoms. The minimum absolute atomic E-state index is 0.165. The first kappa shape index (κ1) is 23.3. The number of carbonyl (C=O) groups is 4. The van der Waals surface area contributed by atoms with Crippen LogP contribution >= 0.6 is 0 Å². The molecule has 0 aliphatic carbocycles. The Kier molecular flexibility index (Phi) is 9.23. The van der Waals surface area contributed by atoms with Gasteiger partial charge in [0.25, 0.3) is 5.91 Å². The molecule has 1 aliphatic heterocycles. The first-order chi connectivity index (χ1) is 14.5. The fourth-order valence-electron chi connectivity index (χ4n) is 3.13. The van der Waals surface area contributed by atoms with Gasteiger partial charge in [-0.2, -0.15) is 0 Å². The maximum Gasteiger partial charge on any atom is 0.329 e. The monoisotopic (exact) mass is 421 g/mol. The number of aldehydes is 1. The average Bonchev–Trinajstić information content (AvgIpc) is 3.07. The normalized spacial score (nSPS) is 13.6. The number of ether oxygens (including phenoxy) is 2. The topological polar surface area (TPSA) is 134 Å². The molecule has 0 fully saturated rings. The molecule has 2 rings (SSSR count). The van der Waals surface area contributed by atoms with Gasteiger partial charge in [-0.05, 0) is 18.6 Å². The summed E-state index contributed by atoms with van der Waals surface area (Å²) in [5.74, 6) is -1.43. The van der Waals surface area contributed by atoms with Crippen molar-refractivity contribution < 1.29 is 33.8 Å². The quantitative estimate of drug-likeness (QED) is 0.288. The van der Waals surface area contributed by atoms with E-state index in [0.29, 0.717) is 31.5 Å². The van der Waals surface area contributed by atoms with E-state index in [4.69, 9.17) is 14.6 Å². The number of fused-ring (bicyclic) bond motifs is 1. The lowest BCUT2D eigenvalue weighted by atomic mass is 10.1. The molecule has 0 spiro atoms. The van der Waals surface area contributed by atoms with Crippen molar-refractivity contribution in [3.8, 4) is 0 Å². The van der Waals surface area contributed by atoms with Crippen LogP contribution in [0.5, 0.6) is 0 Å². The number of hydrogen-bond donors (Lipinski definition) is 3. The second-order valence-corrected chi connectivity index (χ2v) is 6.67. The van der Waals surface area contributed by atoms with E-state index in [1.165, 1.54) is 11.9 Å². The smallest absolute Gasteiger partial charge is 0.329 e. The molecule has 10 nitrogen and oxygen atoms in total. The van der Waals surface area contributed by atoms with Crippen molar-refractivity contribution >= 4 is 29.8 Å².